The number of hydrogen-bond acceptors (Lipinski definition) is 20. The first-order valence-corrected chi connectivity index (χ1v) is 52.9. The fourth-order valence-electron chi connectivity index (χ4n) is 12.0. The number of nitrogens with one attached hydrogen (secondary N) is 3. The van der Waals surface area contributed by atoms with Crippen molar-refractivity contribution in [3.05, 3.63) is 0 Å². The third-order valence-electron chi connectivity index (χ3n) is 24.3. The third kappa shape index (κ3) is 105. The molecule has 3 saturated heterocycles. The predicted octanol–water partition coefficient (Wildman–Crippen LogP) is 26.3. The zero-order chi connectivity index (χ0) is 108. The zero-order valence-electron chi connectivity index (χ0n) is 102. The van der Waals surface area contributed by atoms with E-state index in [9.17, 15) is 14.4 Å². The van der Waals surface area contributed by atoms with E-state index in [0.717, 1.165) is 63.5 Å². The van der Waals surface area contributed by atoms with Gasteiger partial charge in [-0.25, -0.2) is 4.79 Å². The van der Waals surface area contributed by atoms with Crippen molar-refractivity contribution in [2.45, 2.75) is 519 Å². The average molecular weight is 1910 g/mol. The van der Waals surface area contributed by atoms with Crippen LogP contribution in [0.4, 0.5) is 0 Å². The molecule has 0 aromatic rings. The number of rotatable bonds is 20. The third-order valence-corrected chi connectivity index (χ3v) is 24.3. The monoisotopic (exact) mass is 1910 g/mol. The lowest BCUT2D eigenvalue weighted by molar-refractivity contribution is -0.155. The summed E-state index contributed by atoms with van der Waals surface area (Å²) < 4.78 is 20.2. The van der Waals surface area contributed by atoms with Gasteiger partial charge >= 0.3 is 17.9 Å². The Morgan fingerprint density at radius 1 is 0.406 bits per heavy atom. The van der Waals surface area contributed by atoms with Crippen LogP contribution in [0.3, 0.4) is 0 Å². The number of carbonyl (C=O) groups is 3. The van der Waals surface area contributed by atoms with E-state index in [0.29, 0.717) is 74.8 Å². The number of ether oxygens (including phenoxy) is 4. The second-order valence-corrected chi connectivity index (χ2v) is 52.1. The molecule has 4 fully saturated rings. The quantitative estimate of drug-likeness (QED) is 0.0514. The van der Waals surface area contributed by atoms with E-state index in [1.807, 2.05) is 63.5 Å². The van der Waals surface area contributed by atoms with Crippen LogP contribution in [0, 0.1) is 39.4 Å². The molecule has 4 rings (SSSR count). The molecule has 1 saturated carbocycles. The van der Waals surface area contributed by atoms with E-state index in [1.54, 1.807) is 6.92 Å². The molecule has 4 N–H and O–H groups in total. The van der Waals surface area contributed by atoms with Crippen LogP contribution in [0.1, 0.15) is 458 Å². The van der Waals surface area contributed by atoms with Gasteiger partial charge in [0, 0.05) is 121 Å². The molecule has 0 aromatic heterocycles. The second kappa shape index (κ2) is 75.6. The molecular weight excluding hydrogens is 1650 g/mol. The Kier molecular flexibility index (Phi) is 85.9. The standard InChI is InChI=1S/C12H23NO2.2C11H24N2.C9H19NO2.C9H20.C8H17NO3.C8H17N.2C7H17N.C7H16.2C6H15N.C6H14O.C6H14/c1-12(2,3)13(4)9-15-11(14)10-7-5-6-8-10;2*1-5-6-12-7-9-13(10-8-12)11(2,3)4;1-6-8(11)12-7-10(5)9(2,3)4;1-7(2)8(3)9(4,5)6;1-8(2,3)9(4)6-12-7(11)5-10;1-8(2,3)7-5-4-6-9-7;2*1-6-8(5)7(2,3)4;1-5-6-7(2,3)4;3*1-5-7-6(2,3)4;1-5-6(2,3)4/h10H,5-9H2,1-4H3;2*5-10H2,1-4H3;6-7H2,1-5H3;7-8H,1-6H3;10H,5-6H2,1-4H3;7,9H,4-6H2,1-3H3;2*6H2,1-5H3;5-6H2,1-4H3;2*7H,5H2,1-4H3;5H2,1-4H3;5H2,1-4H3. The maximum absolute atomic E-state index is 11.6. The average Bonchev–Trinajstić information content (AvgIpc) is 1.69. The fraction of sp³-hybridized carbons (Fsp3) is 0.973. The summed E-state index contributed by atoms with van der Waals surface area (Å²) in [6.45, 7) is 140. The molecule has 20 heteroatoms. The van der Waals surface area contributed by atoms with Crippen molar-refractivity contribution in [3.8, 4) is 0 Å². The summed E-state index contributed by atoms with van der Waals surface area (Å²) >= 11 is 0. The van der Waals surface area contributed by atoms with Crippen molar-refractivity contribution in [1.29, 1.82) is 0 Å². The number of aliphatic hydroxyl groups excluding tert-OH is 1. The fourth-order valence-corrected chi connectivity index (χ4v) is 12.0. The smallest absolute Gasteiger partial charge is 0.333 e. The second-order valence-electron chi connectivity index (χ2n) is 52.1. The van der Waals surface area contributed by atoms with Crippen molar-refractivity contribution in [2.75, 3.05) is 167 Å². The van der Waals surface area contributed by atoms with Crippen molar-refractivity contribution in [1.82, 2.24) is 60.0 Å². The highest BCUT2D eigenvalue weighted by molar-refractivity contribution is 5.72. The van der Waals surface area contributed by atoms with Gasteiger partial charge in [-0.1, -0.05) is 192 Å². The summed E-state index contributed by atoms with van der Waals surface area (Å²) in [5.74, 6) is 1.04. The summed E-state index contributed by atoms with van der Waals surface area (Å²) in [6, 6.07) is 0.762. The first-order valence-electron chi connectivity index (χ1n) is 52.9. The lowest BCUT2D eigenvalue weighted by atomic mass is 9.76. The summed E-state index contributed by atoms with van der Waals surface area (Å²) in [6.07, 6.45) is 14.0. The molecule has 133 heavy (non-hydrogen) atoms. The van der Waals surface area contributed by atoms with Gasteiger partial charge in [-0.2, -0.15) is 0 Å². The molecule has 0 radical (unpaired) electrons. The largest absolute Gasteiger partial charge is 0.449 e. The van der Waals surface area contributed by atoms with E-state index >= 15 is 0 Å². The van der Waals surface area contributed by atoms with E-state index < -0.39 is 12.6 Å². The normalized spacial score (nSPS) is 16.2. The van der Waals surface area contributed by atoms with E-state index in [2.05, 4.69) is 406 Å². The van der Waals surface area contributed by atoms with Gasteiger partial charge in [0.15, 0.2) is 0 Å². The molecule has 3 heterocycles. The molecule has 2 unspecified atom stereocenters. The summed E-state index contributed by atoms with van der Waals surface area (Å²) in [7, 11) is 10.0. The molecule has 0 spiro atoms. The summed E-state index contributed by atoms with van der Waals surface area (Å²) in [5.41, 5.74) is 4.16. The first-order chi connectivity index (χ1) is 59.5. The zero-order valence-corrected chi connectivity index (χ0v) is 102. The van der Waals surface area contributed by atoms with Crippen molar-refractivity contribution in [3.63, 3.8) is 0 Å². The predicted molar refractivity (Wildman–Crippen MR) is 593 cm³/mol. The highest BCUT2D eigenvalue weighted by Crippen LogP contribution is 2.32. The Morgan fingerprint density at radius 3 is 0.857 bits per heavy atom. The van der Waals surface area contributed by atoms with Gasteiger partial charge in [-0.15, -0.1) is 0 Å². The number of esters is 3. The molecule has 0 bridgehead atoms. The Balaban J connectivity index is -0.000000154. The van der Waals surface area contributed by atoms with E-state index in [4.69, 9.17) is 24.1 Å². The highest BCUT2D eigenvalue weighted by Gasteiger charge is 2.31. The van der Waals surface area contributed by atoms with Gasteiger partial charge < -0.3 is 59.6 Å². The molecule has 0 aromatic carbocycles. The molecule has 20 nitrogen and oxygen atoms in total. The van der Waals surface area contributed by atoms with E-state index in [1.165, 1.54) is 130 Å². The topological polar surface area (TPSA) is 174 Å². The van der Waals surface area contributed by atoms with Gasteiger partial charge in [-0.05, 0) is 374 Å². The molecule has 812 valence electrons. The van der Waals surface area contributed by atoms with Crippen LogP contribution in [0.25, 0.3) is 0 Å². The minimum Gasteiger partial charge on any atom is -0.449 e. The Hall–Kier alpha value is -2.15. The molecule has 1 aliphatic carbocycles. The number of hydrogen-bond donors (Lipinski definition) is 4. The van der Waals surface area contributed by atoms with Gasteiger partial charge in [-0.3, -0.25) is 34.1 Å². The van der Waals surface area contributed by atoms with Gasteiger partial charge in [0.2, 0.25) is 0 Å². The van der Waals surface area contributed by atoms with Crippen LogP contribution in [-0.4, -0.2) is 295 Å². The van der Waals surface area contributed by atoms with Crippen molar-refractivity contribution >= 4 is 17.9 Å². The minimum absolute atomic E-state index is 0.0106. The van der Waals surface area contributed by atoms with Crippen LogP contribution in [0.15, 0.2) is 0 Å². The van der Waals surface area contributed by atoms with Crippen LogP contribution >= 0.6 is 0 Å². The Labute approximate surface area is 837 Å². The number of carbonyl (C=O) groups excluding carboxylic acids is 3. The molecule has 0 amide bonds. The van der Waals surface area contributed by atoms with Gasteiger partial charge in [0.05, 0.1) is 11.5 Å². The maximum Gasteiger partial charge on any atom is 0.333 e. The number of aliphatic hydroxyl groups is 1. The molecule has 3 aliphatic heterocycles. The molecule has 2 atom stereocenters. The molecule has 4 aliphatic rings. The van der Waals surface area contributed by atoms with Crippen LogP contribution in [0.2, 0.25) is 0 Å². The van der Waals surface area contributed by atoms with Gasteiger partial charge in [0.25, 0.3) is 0 Å². The van der Waals surface area contributed by atoms with Crippen molar-refractivity contribution in [2.24, 2.45) is 39.4 Å². The first kappa shape index (κ1) is 151. The molecular formula is C113H252N12O8. The highest BCUT2D eigenvalue weighted by atomic mass is 16.6. The Morgan fingerprint density at radius 2 is 0.714 bits per heavy atom. The number of nitrogens with zero attached hydrogens (tertiary/aromatic N) is 9. The van der Waals surface area contributed by atoms with Crippen molar-refractivity contribution < 1.29 is 38.4 Å². The van der Waals surface area contributed by atoms with Crippen LogP contribution in [0.5, 0.6) is 0 Å². The Bertz CT molecular complexity index is 2450. The summed E-state index contributed by atoms with van der Waals surface area (Å²) in [4.78, 5) is 53.8. The lowest BCUT2D eigenvalue weighted by Crippen LogP contribution is -2.53. The number of piperazine rings is 2. The minimum atomic E-state index is -0.592. The maximum atomic E-state index is 11.6. The SMILES string of the molecule is CC(C)(C)C1CCCN1.CC(C)C(C)C(C)(C)C.CCC(=O)OCN(C)C(C)(C)C.CCC(C)(C)C.CCCC(C)(C)C.CCCN1CCN(C(C)(C)C)CC1.CCCN1CCN(C(C)(C)C)CC1.CCN(C)C(C)(C)C.CCN(C)C(C)(C)C.CCNC(C)(C)C.CCNC(C)(C)C.CCOC(C)(C)C.CN(COC(=O)C1CCCC1)C(C)(C)C.CN(COC(=O)CO)C(C)(C)C. The van der Waals surface area contributed by atoms with Crippen LogP contribution < -0.4 is 16.0 Å². The van der Waals surface area contributed by atoms with E-state index in [-0.39, 0.29) is 46.8 Å². The van der Waals surface area contributed by atoms with Gasteiger partial charge in [0.1, 0.15) is 26.8 Å². The van der Waals surface area contributed by atoms with Crippen LogP contribution in [-0.2, 0) is 33.3 Å². The summed E-state index contributed by atoms with van der Waals surface area (Å²) in [5, 5.41) is 18.4. The lowest BCUT2D eigenvalue weighted by Gasteiger charge is -2.42.